The summed E-state index contributed by atoms with van der Waals surface area (Å²) in [6.07, 6.45) is -4.92. The van der Waals surface area contributed by atoms with Gasteiger partial charge in [-0.15, -0.1) is 0 Å². The predicted octanol–water partition coefficient (Wildman–Crippen LogP) is 3.82. The van der Waals surface area contributed by atoms with Gasteiger partial charge in [0.15, 0.2) is 0 Å². The van der Waals surface area contributed by atoms with Crippen LogP contribution in [0.1, 0.15) is 23.8 Å². The minimum Gasteiger partial charge on any atom is -0.388 e. The van der Waals surface area contributed by atoms with E-state index in [0.717, 1.165) is 18.3 Å². The van der Waals surface area contributed by atoms with Gasteiger partial charge in [-0.05, 0) is 29.8 Å². The number of hydrogen-bond donors (Lipinski definition) is 2. The Morgan fingerprint density at radius 3 is 2.39 bits per heavy atom. The highest BCUT2D eigenvalue weighted by molar-refractivity contribution is 6.30. The first-order valence-corrected chi connectivity index (χ1v) is 6.90. The van der Waals surface area contributed by atoms with Crippen LogP contribution in [0.3, 0.4) is 0 Å². The lowest BCUT2D eigenvalue weighted by Gasteiger charge is -2.12. The van der Waals surface area contributed by atoms with E-state index < -0.39 is 23.9 Å². The zero-order valence-corrected chi connectivity index (χ0v) is 12.4. The van der Waals surface area contributed by atoms with E-state index in [0.29, 0.717) is 10.6 Å². The zero-order valence-electron chi connectivity index (χ0n) is 11.6. The average Bonchev–Trinajstić information content (AvgIpc) is 2.47. The van der Waals surface area contributed by atoms with Gasteiger partial charge in [0.2, 0.25) is 5.91 Å². The molecule has 1 amide bonds. The highest BCUT2D eigenvalue weighted by atomic mass is 35.5. The molecule has 4 nitrogen and oxygen atoms in total. The number of halogens is 4. The van der Waals surface area contributed by atoms with Gasteiger partial charge in [-0.3, -0.25) is 4.79 Å². The van der Waals surface area contributed by atoms with Crippen molar-refractivity contribution < 1.29 is 23.1 Å². The van der Waals surface area contributed by atoms with Crippen molar-refractivity contribution in [2.45, 2.75) is 18.7 Å². The Bertz CT molecular complexity index is 673. The fourth-order valence-corrected chi connectivity index (χ4v) is 1.95. The number of hydrogen-bond acceptors (Lipinski definition) is 3. The smallest absolute Gasteiger partial charge is 0.388 e. The SMILES string of the molecule is O=C(CC(O)c1ccc(Cl)cc1)Nc1ccc(C(F)(F)F)nc1. The molecule has 1 unspecified atom stereocenters. The third-order valence-electron chi connectivity index (χ3n) is 2.97. The van der Waals surface area contributed by atoms with Crippen molar-refractivity contribution >= 4 is 23.2 Å². The molecule has 122 valence electrons. The quantitative estimate of drug-likeness (QED) is 0.886. The highest BCUT2D eigenvalue weighted by Gasteiger charge is 2.32. The Morgan fingerprint density at radius 2 is 1.87 bits per heavy atom. The first-order valence-electron chi connectivity index (χ1n) is 6.52. The van der Waals surface area contributed by atoms with Crippen molar-refractivity contribution in [3.63, 3.8) is 0 Å². The Kier molecular flexibility index (Phi) is 5.23. The fraction of sp³-hybridized carbons (Fsp3) is 0.200. The molecule has 23 heavy (non-hydrogen) atoms. The summed E-state index contributed by atoms with van der Waals surface area (Å²) in [4.78, 5) is 15.0. The van der Waals surface area contributed by atoms with Crippen LogP contribution >= 0.6 is 11.6 Å². The van der Waals surface area contributed by atoms with Crippen molar-refractivity contribution in [2.24, 2.45) is 0 Å². The Balaban J connectivity index is 1.95. The molecule has 0 saturated carbocycles. The van der Waals surface area contributed by atoms with Crippen LogP contribution in [0, 0.1) is 0 Å². The van der Waals surface area contributed by atoms with Gasteiger partial charge in [0.05, 0.1) is 24.4 Å². The fourth-order valence-electron chi connectivity index (χ4n) is 1.83. The Morgan fingerprint density at radius 1 is 1.22 bits per heavy atom. The van der Waals surface area contributed by atoms with Crippen molar-refractivity contribution in [3.05, 3.63) is 58.9 Å². The van der Waals surface area contributed by atoms with E-state index in [4.69, 9.17) is 11.6 Å². The Hall–Kier alpha value is -2.12. The minimum atomic E-state index is -4.53. The maximum absolute atomic E-state index is 12.4. The number of rotatable bonds is 4. The van der Waals surface area contributed by atoms with E-state index in [2.05, 4.69) is 10.3 Å². The van der Waals surface area contributed by atoms with Crippen LogP contribution < -0.4 is 5.32 Å². The Labute approximate surface area is 134 Å². The number of aromatic nitrogens is 1. The molecule has 0 fully saturated rings. The molecule has 1 aromatic carbocycles. The molecule has 0 radical (unpaired) electrons. The third kappa shape index (κ3) is 4.94. The van der Waals surface area contributed by atoms with Crippen molar-refractivity contribution in [1.82, 2.24) is 4.98 Å². The number of carbonyl (C=O) groups excluding carboxylic acids is 1. The van der Waals surface area contributed by atoms with E-state index in [-0.39, 0.29) is 12.1 Å². The lowest BCUT2D eigenvalue weighted by molar-refractivity contribution is -0.141. The average molecular weight is 345 g/mol. The number of nitrogens with one attached hydrogen (secondary N) is 1. The molecule has 0 aliphatic heterocycles. The molecule has 1 heterocycles. The van der Waals surface area contributed by atoms with Gasteiger partial charge >= 0.3 is 6.18 Å². The van der Waals surface area contributed by atoms with Gasteiger partial charge in [0.1, 0.15) is 5.69 Å². The standard InChI is InChI=1S/C15H12ClF3N2O2/c16-10-3-1-9(2-4-10)12(22)7-14(23)21-11-5-6-13(20-8-11)15(17,18)19/h1-6,8,12,22H,7H2,(H,21,23). The number of alkyl halides is 3. The maximum atomic E-state index is 12.4. The summed E-state index contributed by atoms with van der Waals surface area (Å²) >= 11 is 5.73. The maximum Gasteiger partial charge on any atom is 0.433 e. The monoisotopic (exact) mass is 344 g/mol. The van der Waals surface area contributed by atoms with Gasteiger partial charge in [0, 0.05) is 5.02 Å². The van der Waals surface area contributed by atoms with Gasteiger partial charge in [-0.25, -0.2) is 4.98 Å². The largest absolute Gasteiger partial charge is 0.433 e. The summed E-state index contributed by atoms with van der Waals surface area (Å²) < 4.78 is 37.1. The van der Waals surface area contributed by atoms with E-state index in [1.807, 2.05) is 0 Å². The van der Waals surface area contributed by atoms with Crippen LogP contribution in [0.4, 0.5) is 18.9 Å². The lowest BCUT2D eigenvalue weighted by atomic mass is 10.1. The number of amides is 1. The molecule has 2 N–H and O–H groups in total. The summed E-state index contributed by atoms with van der Waals surface area (Å²) in [5, 5.41) is 12.8. The third-order valence-corrected chi connectivity index (χ3v) is 3.22. The zero-order chi connectivity index (χ0) is 17.0. The number of anilines is 1. The molecular formula is C15H12ClF3N2O2. The number of carbonyl (C=O) groups is 1. The molecule has 1 aromatic heterocycles. The molecule has 0 saturated heterocycles. The summed E-state index contributed by atoms with van der Waals surface area (Å²) in [6.45, 7) is 0. The van der Waals surface area contributed by atoms with Gasteiger partial charge < -0.3 is 10.4 Å². The van der Waals surface area contributed by atoms with Crippen LogP contribution in [-0.4, -0.2) is 16.0 Å². The number of nitrogens with zero attached hydrogens (tertiary/aromatic N) is 1. The second-order valence-corrected chi connectivity index (χ2v) is 5.19. The number of benzene rings is 1. The minimum absolute atomic E-state index is 0.117. The summed E-state index contributed by atoms with van der Waals surface area (Å²) in [6, 6.07) is 8.20. The van der Waals surface area contributed by atoms with E-state index in [1.54, 1.807) is 24.3 Å². The summed E-state index contributed by atoms with van der Waals surface area (Å²) in [7, 11) is 0. The summed E-state index contributed by atoms with van der Waals surface area (Å²) in [5.41, 5.74) is -0.418. The van der Waals surface area contributed by atoms with E-state index in [9.17, 15) is 23.1 Å². The first kappa shape index (κ1) is 17.2. The van der Waals surface area contributed by atoms with Crippen LogP contribution in [0.25, 0.3) is 0 Å². The molecule has 0 bridgehead atoms. The van der Waals surface area contributed by atoms with E-state index >= 15 is 0 Å². The predicted molar refractivity (Wildman–Crippen MR) is 78.9 cm³/mol. The number of pyridine rings is 1. The molecule has 2 rings (SSSR count). The van der Waals surface area contributed by atoms with Crippen LogP contribution in [0.5, 0.6) is 0 Å². The number of aliphatic hydroxyl groups is 1. The van der Waals surface area contributed by atoms with Crippen molar-refractivity contribution in [1.29, 1.82) is 0 Å². The second kappa shape index (κ2) is 6.97. The van der Waals surface area contributed by atoms with Crippen molar-refractivity contribution in [3.8, 4) is 0 Å². The van der Waals surface area contributed by atoms with Crippen LogP contribution in [-0.2, 0) is 11.0 Å². The van der Waals surface area contributed by atoms with E-state index in [1.165, 1.54) is 0 Å². The summed E-state index contributed by atoms with van der Waals surface area (Å²) in [5.74, 6) is -0.547. The molecular weight excluding hydrogens is 333 g/mol. The van der Waals surface area contributed by atoms with Crippen LogP contribution in [0.15, 0.2) is 42.6 Å². The molecule has 2 aromatic rings. The highest BCUT2D eigenvalue weighted by Crippen LogP contribution is 2.28. The van der Waals surface area contributed by atoms with Crippen molar-refractivity contribution in [2.75, 3.05) is 5.32 Å². The van der Waals surface area contributed by atoms with Crippen LogP contribution in [0.2, 0.25) is 5.02 Å². The first-order chi connectivity index (χ1) is 10.8. The lowest BCUT2D eigenvalue weighted by Crippen LogP contribution is -2.16. The molecule has 0 aliphatic rings. The molecule has 0 spiro atoms. The number of aliphatic hydroxyl groups excluding tert-OH is 1. The van der Waals surface area contributed by atoms with Gasteiger partial charge in [0.25, 0.3) is 0 Å². The molecule has 8 heteroatoms. The molecule has 0 aliphatic carbocycles. The van der Waals surface area contributed by atoms with Gasteiger partial charge in [-0.2, -0.15) is 13.2 Å². The normalized spacial score (nSPS) is 12.7. The topological polar surface area (TPSA) is 62.2 Å². The molecule has 1 atom stereocenters. The van der Waals surface area contributed by atoms with Gasteiger partial charge in [-0.1, -0.05) is 23.7 Å². The second-order valence-electron chi connectivity index (χ2n) is 4.75.